The average Bonchev–Trinajstić information content (AvgIpc) is 2.34. The van der Waals surface area contributed by atoms with Gasteiger partial charge in [0, 0.05) is 6.04 Å². The van der Waals surface area contributed by atoms with Gasteiger partial charge >= 0.3 is 5.97 Å². The van der Waals surface area contributed by atoms with E-state index in [1.807, 2.05) is 0 Å². The van der Waals surface area contributed by atoms with Gasteiger partial charge < -0.3 is 10.4 Å². The third-order valence-corrected chi connectivity index (χ3v) is 3.52. The molecule has 1 fully saturated rings. The topological polar surface area (TPSA) is 62.2 Å². The Morgan fingerprint density at radius 1 is 1.50 bits per heavy atom. The molecule has 2 unspecified atom stereocenters. The number of nitrogens with one attached hydrogen (secondary N) is 1. The maximum absolute atomic E-state index is 13.0. The van der Waals surface area contributed by atoms with Gasteiger partial charge in [-0.3, -0.25) is 0 Å². The van der Waals surface area contributed by atoms with Crippen LogP contribution in [0.4, 0.5) is 10.2 Å². The van der Waals surface area contributed by atoms with E-state index in [0.717, 1.165) is 31.5 Å². The van der Waals surface area contributed by atoms with Crippen molar-refractivity contribution in [2.75, 3.05) is 5.32 Å². The summed E-state index contributed by atoms with van der Waals surface area (Å²) in [5.41, 5.74) is -0.104. The van der Waals surface area contributed by atoms with Gasteiger partial charge in [-0.2, -0.15) is 0 Å². The van der Waals surface area contributed by atoms with Crippen LogP contribution in [0.1, 0.15) is 43.0 Å². The number of rotatable bonds is 3. The Morgan fingerprint density at radius 3 is 2.89 bits per heavy atom. The molecule has 18 heavy (non-hydrogen) atoms. The molecule has 4 nitrogen and oxygen atoms in total. The molecule has 0 saturated heterocycles. The van der Waals surface area contributed by atoms with E-state index in [1.54, 1.807) is 0 Å². The second-order valence-electron chi connectivity index (χ2n) is 4.87. The number of hydrogen-bond acceptors (Lipinski definition) is 3. The van der Waals surface area contributed by atoms with Gasteiger partial charge in [-0.15, -0.1) is 0 Å². The molecule has 0 aromatic carbocycles. The summed E-state index contributed by atoms with van der Waals surface area (Å²) >= 11 is 0. The highest BCUT2D eigenvalue weighted by molar-refractivity contribution is 5.93. The number of carbonyl (C=O) groups is 1. The highest BCUT2D eigenvalue weighted by Crippen LogP contribution is 2.27. The van der Waals surface area contributed by atoms with E-state index >= 15 is 0 Å². The van der Waals surface area contributed by atoms with E-state index in [1.165, 1.54) is 6.42 Å². The molecule has 2 atom stereocenters. The van der Waals surface area contributed by atoms with Crippen molar-refractivity contribution in [1.82, 2.24) is 4.98 Å². The fourth-order valence-electron chi connectivity index (χ4n) is 2.42. The first-order valence-corrected chi connectivity index (χ1v) is 6.23. The molecule has 2 N–H and O–H groups in total. The van der Waals surface area contributed by atoms with Crippen LogP contribution in [0.15, 0.2) is 12.3 Å². The molecular formula is C13H17FN2O2. The van der Waals surface area contributed by atoms with Crippen LogP contribution in [-0.4, -0.2) is 22.1 Å². The Labute approximate surface area is 105 Å². The number of nitrogens with zero attached hydrogens (tertiary/aromatic N) is 1. The lowest BCUT2D eigenvalue weighted by atomic mass is 9.86. The lowest BCUT2D eigenvalue weighted by Crippen LogP contribution is -2.31. The van der Waals surface area contributed by atoms with E-state index in [9.17, 15) is 9.18 Å². The molecular weight excluding hydrogens is 235 g/mol. The Morgan fingerprint density at radius 2 is 2.22 bits per heavy atom. The predicted molar refractivity (Wildman–Crippen MR) is 66.2 cm³/mol. The number of aromatic carboxylic acids is 1. The van der Waals surface area contributed by atoms with Crippen molar-refractivity contribution in [2.24, 2.45) is 5.92 Å². The number of pyridine rings is 1. The van der Waals surface area contributed by atoms with Crippen molar-refractivity contribution >= 4 is 11.8 Å². The van der Waals surface area contributed by atoms with Gasteiger partial charge in [0.05, 0.1) is 6.20 Å². The number of anilines is 1. The van der Waals surface area contributed by atoms with Gasteiger partial charge in [0.15, 0.2) is 0 Å². The third kappa shape index (κ3) is 2.78. The smallest absolute Gasteiger partial charge is 0.339 e. The molecule has 0 bridgehead atoms. The summed E-state index contributed by atoms with van der Waals surface area (Å²) in [6.45, 7) is 2.14. The lowest BCUT2D eigenvalue weighted by Gasteiger charge is -2.30. The molecule has 2 rings (SSSR count). The van der Waals surface area contributed by atoms with Crippen molar-refractivity contribution in [3.8, 4) is 0 Å². The van der Waals surface area contributed by atoms with Crippen LogP contribution >= 0.6 is 0 Å². The predicted octanol–water partition coefficient (Wildman–Crippen LogP) is 2.91. The van der Waals surface area contributed by atoms with Crippen LogP contribution in [0.3, 0.4) is 0 Å². The maximum Gasteiger partial charge on any atom is 0.339 e. The zero-order valence-corrected chi connectivity index (χ0v) is 10.3. The second kappa shape index (κ2) is 5.33. The normalized spacial score (nSPS) is 23.7. The largest absolute Gasteiger partial charge is 0.478 e. The highest BCUT2D eigenvalue weighted by atomic mass is 19.1. The second-order valence-corrected chi connectivity index (χ2v) is 4.87. The van der Waals surface area contributed by atoms with Crippen LogP contribution in [0, 0.1) is 11.7 Å². The van der Waals surface area contributed by atoms with Crippen molar-refractivity contribution in [2.45, 2.75) is 38.6 Å². The summed E-state index contributed by atoms with van der Waals surface area (Å²) in [7, 11) is 0. The van der Waals surface area contributed by atoms with Crippen molar-refractivity contribution in [3.63, 3.8) is 0 Å². The molecule has 1 aliphatic carbocycles. The minimum Gasteiger partial charge on any atom is -0.478 e. The van der Waals surface area contributed by atoms with Gasteiger partial charge in [0.25, 0.3) is 0 Å². The summed E-state index contributed by atoms with van der Waals surface area (Å²) in [6, 6.07) is 1.22. The number of carboxylic acid groups (broad SMARTS) is 1. The van der Waals surface area contributed by atoms with Gasteiger partial charge in [-0.25, -0.2) is 14.2 Å². The van der Waals surface area contributed by atoms with Crippen LogP contribution < -0.4 is 5.32 Å². The zero-order chi connectivity index (χ0) is 13.1. The SMILES string of the molecule is CC1CCCCC1Nc1ncc(F)cc1C(=O)O. The number of carboxylic acids is 1. The standard InChI is InChI=1S/C13H17FN2O2/c1-8-4-2-3-5-11(8)16-12-10(13(17)18)6-9(14)7-15-12/h6-8,11H,2-5H2,1H3,(H,15,16)(H,17,18). The maximum atomic E-state index is 13.0. The Kier molecular flexibility index (Phi) is 3.79. The first kappa shape index (κ1) is 12.8. The van der Waals surface area contributed by atoms with Crippen LogP contribution in [0.5, 0.6) is 0 Å². The highest BCUT2D eigenvalue weighted by Gasteiger charge is 2.23. The molecule has 0 amide bonds. The fraction of sp³-hybridized carbons (Fsp3) is 0.538. The molecule has 0 spiro atoms. The number of hydrogen-bond donors (Lipinski definition) is 2. The Hall–Kier alpha value is -1.65. The number of aromatic nitrogens is 1. The summed E-state index contributed by atoms with van der Waals surface area (Å²) < 4.78 is 13.0. The Bertz CT molecular complexity index is 451. The zero-order valence-electron chi connectivity index (χ0n) is 10.3. The van der Waals surface area contributed by atoms with Crippen LogP contribution in [-0.2, 0) is 0 Å². The minimum absolute atomic E-state index is 0.104. The molecule has 1 aromatic rings. The summed E-state index contributed by atoms with van der Waals surface area (Å²) in [4.78, 5) is 14.9. The minimum atomic E-state index is -1.16. The molecule has 1 aromatic heterocycles. The molecule has 1 saturated carbocycles. The molecule has 1 aliphatic rings. The molecule has 98 valence electrons. The quantitative estimate of drug-likeness (QED) is 0.868. The molecule has 5 heteroatoms. The van der Waals surface area contributed by atoms with E-state index in [-0.39, 0.29) is 17.4 Å². The van der Waals surface area contributed by atoms with Crippen molar-refractivity contribution < 1.29 is 14.3 Å². The molecule has 1 heterocycles. The van der Waals surface area contributed by atoms with Gasteiger partial charge in [0.1, 0.15) is 17.2 Å². The van der Waals surface area contributed by atoms with Crippen LogP contribution in [0.25, 0.3) is 0 Å². The summed E-state index contributed by atoms with van der Waals surface area (Å²) in [5, 5.41) is 12.2. The van der Waals surface area contributed by atoms with Gasteiger partial charge in [-0.1, -0.05) is 19.8 Å². The van der Waals surface area contributed by atoms with Gasteiger partial charge in [0.2, 0.25) is 0 Å². The number of halogens is 1. The van der Waals surface area contributed by atoms with Crippen LogP contribution in [0.2, 0.25) is 0 Å². The van der Waals surface area contributed by atoms with E-state index in [4.69, 9.17) is 5.11 Å². The fourth-order valence-corrected chi connectivity index (χ4v) is 2.42. The Balaban J connectivity index is 2.20. The van der Waals surface area contributed by atoms with E-state index < -0.39 is 11.8 Å². The van der Waals surface area contributed by atoms with Gasteiger partial charge in [-0.05, 0) is 24.8 Å². The van der Waals surface area contributed by atoms with Crippen molar-refractivity contribution in [1.29, 1.82) is 0 Å². The lowest BCUT2D eigenvalue weighted by molar-refractivity contribution is 0.0697. The molecule has 0 radical (unpaired) electrons. The summed E-state index contributed by atoms with van der Waals surface area (Å²) in [6.07, 6.45) is 5.51. The average molecular weight is 252 g/mol. The first-order valence-electron chi connectivity index (χ1n) is 6.23. The third-order valence-electron chi connectivity index (χ3n) is 3.52. The monoisotopic (exact) mass is 252 g/mol. The summed E-state index contributed by atoms with van der Waals surface area (Å²) in [5.74, 6) is -1.04. The molecule has 0 aliphatic heterocycles. The first-order chi connectivity index (χ1) is 8.58. The van der Waals surface area contributed by atoms with E-state index in [2.05, 4.69) is 17.2 Å². The van der Waals surface area contributed by atoms with E-state index in [0.29, 0.717) is 5.92 Å². The van der Waals surface area contributed by atoms with Crippen molar-refractivity contribution in [3.05, 3.63) is 23.6 Å².